The molecule has 0 radical (unpaired) electrons. The number of rotatable bonds is 0. The van der Waals surface area contributed by atoms with Crippen molar-refractivity contribution in [3.8, 4) is 0 Å². The Kier molecular flexibility index (Phi) is 2.35. The van der Waals surface area contributed by atoms with E-state index in [1.165, 1.54) is 0 Å². The minimum atomic E-state index is -0.0457. The smallest absolute Gasteiger partial charge is 0.124 e. The Morgan fingerprint density at radius 2 is 2.08 bits per heavy atom. The van der Waals surface area contributed by atoms with Crippen molar-refractivity contribution in [2.75, 3.05) is 19.8 Å². The summed E-state index contributed by atoms with van der Waals surface area (Å²) >= 11 is 0. The second-order valence-corrected chi connectivity index (χ2v) is 3.75. The SMILES string of the molecule is CC1CCNC2(CCOCC2)O1. The lowest BCUT2D eigenvalue weighted by molar-refractivity contribution is -0.176. The Morgan fingerprint density at radius 3 is 2.75 bits per heavy atom. The molecule has 0 aromatic carbocycles. The number of nitrogens with one attached hydrogen (secondary N) is 1. The molecule has 2 saturated heterocycles. The van der Waals surface area contributed by atoms with Gasteiger partial charge in [0, 0.05) is 19.4 Å². The predicted molar refractivity (Wildman–Crippen MR) is 46.0 cm³/mol. The molecular formula is C9H17NO2. The summed E-state index contributed by atoms with van der Waals surface area (Å²) in [7, 11) is 0. The summed E-state index contributed by atoms with van der Waals surface area (Å²) in [6, 6.07) is 0. The van der Waals surface area contributed by atoms with Crippen molar-refractivity contribution in [2.45, 2.75) is 38.0 Å². The molecule has 2 fully saturated rings. The number of hydrogen-bond acceptors (Lipinski definition) is 3. The molecule has 2 heterocycles. The van der Waals surface area contributed by atoms with Crippen LogP contribution in [0.2, 0.25) is 0 Å². The topological polar surface area (TPSA) is 30.5 Å². The molecule has 2 aliphatic rings. The van der Waals surface area contributed by atoms with Crippen molar-refractivity contribution in [1.82, 2.24) is 5.32 Å². The van der Waals surface area contributed by atoms with Gasteiger partial charge in [0.2, 0.25) is 0 Å². The Bertz CT molecular complexity index is 149. The van der Waals surface area contributed by atoms with E-state index in [9.17, 15) is 0 Å². The summed E-state index contributed by atoms with van der Waals surface area (Å²) in [4.78, 5) is 0. The van der Waals surface area contributed by atoms with Gasteiger partial charge in [-0.25, -0.2) is 0 Å². The van der Waals surface area contributed by atoms with Crippen LogP contribution in [0.3, 0.4) is 0 Å². The number of ether oxygens (including phenoxy) is 2. The van der Waals surface area contributed by atoms with Gasteiger partial charge in [0.05, 0.1) is 19.3 Å². The van der Waals surface area contributed by atoms with Crippen LogP contribution in [0, 0.1) is 0 Å². The molecule has 0 bridgehead atoms. The Balaban J connectivity index is 1.97. The Morgan fingerprint density at radius 1 is 1.33 bits per heavy atom. The van der Waals surface area contributed by atoms with E-state index in [-0.39, 0.29) is 5.72 Å². The Hall–Kier alpha value is -0.120. The maximum absolute atomic E-state index is 5.92. The van der Waals surface area contributed by atoms with Gasteiger partial charge in [-0.1, -0.05) is 0 Å². The van der Waals surface area contributed by atoms with Crippen molar-refractivity contribution in [3.63, 3.8) is 0 Å². The van der Waals surface area contributed by atoms with Gasteiger partial charge in [-0.3, -0.25) is 5.32 Å². The normalized spacial score (nSPS) is 35.2. The van der Waals surface area contributed by atoms with Crippen LogP contribution in [0.5, 0.6) is 0 Å². The molecular weight excluding hydrogens is 154 g/mol. The van der Waals surface area contributed by atoms with Gasteiger partial charge in [-0.05, 0) is 13.3 Å². The van der Waals surface area contributed by atoms with Gasteiger partial charge in [0.1, 0.15) is 5.72 Å². The summed E-state index contributed by atoms with van der Waals surface area (Å²) in [5.74, 6) is 0. The first kappa shape index (κ1) is 8.48. The molecule has 1 spiro atoms. The average molecular weight is 171 g/mol. The molecule has 2 rings (SSSR count). The van der Waals surface area contributed by atoms with Gasteiger partial charge in [-0.15, -0.1) is 0 Å². The summed E-state index contributed by atoms with van der Waals surface area (Å²) in [6.07, 6.45) is 3.53. The fourth-order valence-electron chi connectivity index (χ4n) is 1.98. The van der Waals surface area contributed by atoms with E-state index >= 15 is 0 Å². The van der Waals surface area contributed by atoms with E-state index < -0.39 is 0 Å². The lowest BCUT2D eigenvalue weighted by atomic mass is 10.0. The highest BCUT2D eigenvalue weighted by Gasteiger charge is 2.36. The molecule has 0 aromatic rings. The van der Waals surface area contributed by atoms with Crippen LogP contribution < -0.4 is 5.32 Å². The highest BCUT2D eigenvalue weighted by molar-refractivity contribution is 4.85. The summed E-state index contributed by atoms with van der Waals surface area (Å²) in [5.41, 5.74) is -0.0457. The standard InChI is InChI=1S/C9H17NO2/c1-8-2-5-10-9(12-8)3-6-11-7-4-9/h8,10H,2-7H2,1H3. The third-order valence-corrected chi connectivity index (χ3v) is 2.73. The van der Waals surface area contributed by atoms with Crippen LogP contribution in [-0.4, -0.2) is 31.6 Å². The fraction of sp³-hybridized carbons (Fsp3) is 1.00. The second kappa shape index (κ2) is 3.32. The van der Waals surface area contributed by atoms with Crippen LogP contribution in [0.4, 0.5) is 0 Å². The molecule has 2 aliphatic heterocycles. The van der Waals surface area contributed by atoms with Crippen molar-refractivity contribution in [2.24, 2.45) is 0 Å². The maximum atomic E-state index is 5.92. The first-order chi connectivity index (χ1) is 5.81. The average Bonchev–Trinajstić information content (AvgIpc) is 2.05. The molecule has 3 heteroatoms. The molecule has 70 valence electrons. The van der Waals surface area contributed by atoms with E-state index in [0.29, 0.717) is 6.10 Å². The summed E-state index contributed by atoms with van der Waals surface area (Å²) in [5, 5.41) is 3.46. The van der Waals surface area contributed by atoms with Crippen LogP contribution in [0.1, 0.15) is 26.2 Å². The zero-order valence-electron chi connectivity index (χ0n) is 7.64. The van der Waals surface area contributed by atoms with Gasteiger partial charge >= 0.3 is 0 Å². The third-order valence-electron chi connectivity index (χ3n) is 2.73. The lowest BCUT2D eigenvalue weighted by Gasteiger charge is -2.43. The number of hydrogen-bond donors (Lipinski definition) is 1. The zero-order valence-corrected chi connectivity index (χ0v) is 7.64. The van der Waals surface area contributed by atoms with E-state index in [1.807, 2.05) is 0 Å². The van der Waals surface area contributed by atoms with Gasteiger partial charge in [0.15, 0.2) is 0 Å². The molecule has 1 N–H and O–H groups in total. The van der Waals surface area contributed by atoms with Crippen molar-refractivity contribution in [3.05, 3.63) is 0 Å². The molecule has 3 nitrogen and oxygen atoms in total. The molecule has 12 heavy (non-hydrogen) atoms. The fourth-order valence-corrected chi connectivity index (χ4v) is 1.98. The van der Waals surface area contributed by atoms with Crippen molar-refractivity contribution in [1.29, 1.82) is 0 Å². The molecule has 0 saturated carbocycles. The van der Waals surface area contributed by atoms with Gasteiger partial charge in [-0.2, -0.15) is 0 Å². The molecule has 1 atom stereocenters. The molecule has 1 unspecified atom stereocenters. The highest BCUT2D eigenvalue weighted by atomic mass is 16.5. The third kappa shape index (κ3) is 1.63. The van der Waals surface area contributed by atoms with Crippen molar-refractivity contribution >= 4 is 0 Å². The van der Waals surface area contributed by atoms with Crippen LogP contribution in [0.15, 0.2) is 0 Å². The molecule has 0 amide bonds. The zero-order chi connectivity index (χ0) is 8.44. The van der Waals surface area contributed by atoms with E-state index in [1.54, 1.807) is 0 Å². The van der Waals surface area contributed by atoms with E-state index in [2.05, 4.69) is 12.2 Å². The predicted octanol–water partition coefficient (Wildman–Crippen LogP) is 0.892. The quantitative estimate of drug-likeness (QED) is 0.587. The van der Waals surface area contributed by atoms with Crippen LogP contribution >= 0.6 is 0 Å². The minimum absolute atomic E-state index is 0.0457. The first-order valence-corrected chi connectivity index (χ1v) is 4.81. The second-order valence-electron chi connectivity index (χ2n) is 3.75. The van der Waals surface area contributed by atoms with Crippen LogP contribution in [0.25, 0.3) is 0 Å². The minimum Gasteiger partial charge on any atom is -0.381 e. The van der Waals surface area contributed by atoms with Crippen molar-refractivity contribution < 1.29 is 9.47 Å². The van der Waals surface area contributed by atoms with E-state index in [4.69, 9.17) is 9.47 Å². The lowest BCUT2D eigenvalue weighted by Crippen LogP contribution is -2.56. The summed E-state index contributed by atoms with van der Waals surface area (Å²) in [6.45, 7) is 4.90. The van der Waals surface area contributed by atoms with Gasteiger partial charge in [0.25, 0.3) is 0 Å². The molecule has 0 aliphatic carbocycles. The highest BCUT2D eigenvalue weighted by Crippen LogP contribution is 2.27. The summed E-state index contributed by atoms with van der Waals surface area (Å²) < 4.78 is 11.2. The monoisotopic (exact) mass is 171 g/mol. The first-order valence-electron chi connectivity index (χ1n) is 4.81. The largest absolute Gasteiger partial charge is 0.381 e. The van der Waals surface area contributed by atoms with Crippen LogP contribution in [-0.2, 0) is 9.47 Å². The van der Waals surface area contributed by atoms with E-state index in [0.717, 1.165) is 39.0 Å². The van der Waals surface area contributed by atoms with Gasteiger partial charge < -0.3 is 9.47 Å². The molecule has 0 aromatic heterocycles. The maximum Gasteiger partial charge on any atom is 0.124 e. The Labute approximate surface area is 73.4 Å².